The van der Waals surface area contributed by atoms with Crippen LogP contribution in [0, 0.1) is 0 Å². The van der Waals surface area contributed by atoms with Crippen molar-refractivity contribution in [1.29, 1.82) is 0 Å². The van der Waals surface area contributed by atoms with Gasteiger partial charge in [0.05, 0.1) is 0 Å². The first-order valence-corrected chi connectivity index (χ1v) is 8.28. The normalized spacial score (nSPS) is 10.0. The van der Waals surface area contributed by atoms with Gasteiger partial charge in [0.1, 0.15) is 40.2 Å². The first-order chi connectivity index (χ1) is 4.00. The molecule has 0 N–H and O–H groups in total. The van der Waals surface area contributed by atoms with Crippen LogP contribution in [0.15, 0.2) is 0 Å². The Labute approximate surface area is 144 Å². The molecule has 0 aliphatic carbocycles. The van der Waals surface area contributed by atoms with Crippen molar-refractivity contribution >= 4 is 0 Å². The van der Waals surface area contributed by atoms with Crippen LogP contribution in [-0.4, -0.2) is 0 Å². The maximum atomic E-state index is 8.62. The Morgan fingerprint density at radius 2 is 0.500 bits per heavy atom. The molecule has 0 atom stereocenters. The molecule has 0 saturated heterocycles. The molecule has 74 valence electrons. The van der Waals surface area contributed by atoms with Gasteiger partial charge in [0, 0.05) is 0 Å². The van der Waals surface area contributed by atoms with E-state index in [2.05, 4.69) is 0 Å². The van der Waals surface area contributed by atoms with Gasteiger partial charge in [-0.3, -0.25) is 27.5 Å². The zero-order chi connectivity index (χ0) is 9.00. The van der Waals surface area contributed by atoms with Crippen molar-refractivity contribution in [2.45, 2.75) is 0 Å². The summed E-state index contributed by atoms with van der Waals surface area (Å²) in [5, 5.41) is 0. The van der Waals surface area contributed by atoms with Gasteiger partial charge in [-0.15, -0.1) is 0 Å². The van der Waals surface area contributed by atoms with Crippen LogP contribution in [0.5, 0.6) is 0 Å². The molecule has 0 rings (SSSR count). The molecule has 12 heteroatoms. The number of hydrogen-bond donors (Lipinski definition) is 0. The van der Waals surface area contributed by atoms with E-state index in [0.29, 0.717) is 0 Å². The summed E-state index contributed by atoms with van der Waals surface area (Å²) < 4.78 is 68.9. The minimum Gasteiger partial charge on any atom is -0.286 e. The van der Waals surface area contributed by atoms with Crippen LogP contribution in [0.25, 0.3) is 0 Å². The van der Waals surface area contributed by atoms with Gasteiger partial charge in [0.15, 0.2) is 0 Å². The molecule has 0 aromatic carbocycles. The second-order valence-electron chi connectivity index (χ2n) is 0.756. The number of rotatable bonds is 0. The first kappa shape index (κ1) is 24.8. The molecule has 0 radical (unpaired) electrons. The average molecular weight is 575 g/mol. The zero-order valence-corrected chi connectivity index (χ0v) is 16.0. The fourth-order valence-corrected chi connectivity index (χ4v) is 0. The quantitative estimate of drug-likeness (QED) is 0.201. The third-order valence-corrected chi connectivity index (χ3v) is 0. The van der Waals surface area contributed by atoms with Crippen molar-refractivity contribution in [3.8, 4) is 0 Å². The third kappa shape index (κ3) is 162. The molecule has 12 heavy (non-hydrogen) atoms. The molecule has 0 spiro atoms. The van der Waals surface area contributed by atoms with Gasteiger partial charge in [-0.25, -0.2) is 0 Å². The van der Waals surface area contributed by atoms with Crippen LogP contribution in [-0.2, 0) is 22.4 Å². The van der Waals surface area contributed by atoms with Gasteiger partial charge >= 0.3 is 80.6 Å². The van der Waals surface area contributed by atoms with Gasteiger partial charge in [0.2, 0.25) is 0 Å². The molecule has 0 aromatic heterocycles. The van der Waals surface area contributed by atoms with E-state index in [0.717, 1.165) is 0 Å². The van der Waals surface area contributed by atoms with Gasteiger partial charge in [0.25, 0.3) is 0 Å². The predicted molar refractivity (Wildman–Crippen MR) is 0 cm³/mol. The molecule has 0 aromatic rings. The van der Waals surface area contributed by atoms with Gasteiger partial charge in [-0.2, -0.15) is 0 Å². The molecule has 0 amide bonds. The first-order valence-electron chi connectivity index (χ1n) is 1.23. The summed E-state index contributed by atoms with van der Waals surface area (Å²) in [5.74, 6) is 0. The summed E-state index contributed by atoms with van der Waals surface area (Å²) in [7, 11) is 0. The van der Waals surface area contributed by atoms with Crippen LogP contribution >= 0.6 is 0 Å². The van der Waals surface area contributed by atoms with E-state index in [-0.39, 0.29) is 80.6 Å². The molecule has 0 heterocycles. The summed E-state index contributed by atoms with van der Waals surface area (Å²) in [6.45, 7) is 0. The van der Waals surface area contributed by atoms with Crippen molar-refractivity contribution < 1.29 is 148 Å². The van der Waals surface area contributed by atoms with E-state index in [1.54, 1.807) is 0 Å². The maximum absolute atomic E-state index is 8.62. The Bertz CT molecular complexity index is 60.0. The van der Waals surface area contributed by atoms with Crippen molar-refractivity contribution in [2.24, 2.45) is 0 Å². The summed E-state index contributed by atoms with van der Waals surface area (Å²) in [6.07, 6.45) is 0. The van der Waals surface area contributed by atoms with E-state index < -0.39 is 40.2 Å². The van der Waals surface area contributed by atoms with E-state index in [1.807, 2.05) is 0 Å². The van der Waals surface area contributed by atoms with Gasteiger partial charge < -0.3 is 0 Å². The zero-order valence-electron chi connectivity index (χ0n) is 5.32. The molecule has 0 aliphatic rings. The Balaban J connectivity index is -0.0000000457. The number of hydrogen-bond acceptors (Lipinski definition) is 8. The standard InChI is InChI=1S/Ag.2IO4.Rb/c;2*2-1(3,4)5;/q+1;2*-1;+1. The Morgan fingerprint density at radius 1 is 0.500 bits per heavy atom. The summed E-state index contributed by atoms with van der Waals surface area (Å²) in [4.78, 5) is 0. The van der Waals surface area contributed by atoms with Crippen LogP contribution in [0.3, 0.4) is 0 Å². The van der Waals surface area contributed by atoms with Gasteiger partial charge in [-0.05, 0) is 0 Å². The molecule has 0 saturated carbocycles. The summed E-state index contributed by atoms with van der Waals surface area (Å²) in [5.41, 5.74) is 0. The molecule has 0 unspecified atom stereocenters. The van der Waals surface area contributed by atoms with Crippen LogP contribution < -0.4 is 126 Å². The molecular formula is AgI2O8Rb. The average Bonchev–Trinajstić information content (AvgIpc) is 1.12. The molecular weight excluding hydrogens is 575 g/mol. The fourth-order valence-electron chi connectivity index (χ4n) is 0. The van der Waals surface area contributed by atoms with Crippen LogP contribution in [0.2, 0.25) is 0 Å². The van der Waals surface area contributed by atoms with Crippen molar-refractivity contribution in [3.05, 3.63) is 0 Å². The Kier molecular flexibility index (Phi) is 23.1. The predicted octanol–water partition coefficient (Wildman–Crippen LogP) is -18.5. The topological polar surface area (TPSA) is 184 Å². The van der Waals surface area contributed by atoms with Crippen LogP contribution in [0.4, 0.5) is 0 Å². The van der Waals surface area contributed by atoms with E-state index in [4.69, 9.17) is 27.5 Å². The second kappa shape index (κ2) is 11.2. The minimum absolute atomic E-state index is 0. The van der Waals surface area contributed by atoms with Crippen molar-refractivity contribution in [3.63, 3.8) is 0 Å². The largest absolute Gasteiger partial charge is 1.00 e. The Morgan fingerprint density at radius 3 is 0.500 bits per heavy atom. The maximum Gasteiger partial charge on any atom is 1.00 e. The fraction of sp³-hybridized carbons (Fsp3) is 0. The summed E-state index contributed by atoms with van der Waals surface area (Å²) >= 11 is -11.9. The molecule has 0 aliphatic heterocycles. The van der Waals surface area contributed by atoms with E-state index >= 15 is 0 Å². The smallest absolute Gasteiger partial charge is 0.286 e. The molecule has 0 bridgehead atoms. The van der Waals surface area contributed by atoms with E-state index in [1.165, 1.54) is 0 Å². The van der Waals surface area contributed by atoms with Crippen molar-refractivity contribution in [1.82, 2.24) is 0 Å². The monoisotopic (exact) mass is 574 g/mol. The van der Waals surface area contributed by atoms with Crippen molar-refractivity contribution in [2.75, 3.05) is 0 Å². The SMILES string of the molecule is [Ag+].[O-][I+3]([O-])([O-])[O-].[O-][I+3]([O-])([O-])[O-].[Rb+]. The van der Waals surface area contributed by atoms with E-state index in [9.17, 15) is 0 Å². The Hall–Kier alpha value is 3.69. The minimum atomic E-state index is -5.94. The van der Waals surface area contributed by atoms with Crippen LogP contribution in [0.1, 0.15) is 0 Å². The molecule has 0 fully saturated rings. The van der Waals surface area contributed by atoms with Gasteiger partial charge in [-0.1, -0.05) is 0 Å². The molecule has 8 nitrogen and oxygen atoms in total. The second-order valence-corrected chi connectivity index (χ2v) is 5.07. The third-order valence-electron chi connectivity index (χ3n) is 0. The summed E-state index contributed by atoms with van der Waals surface area (Å²) in [6, 6.07) is 0. The number of halogens is 2.